The van der Waals surface area contributed by atoms with Crippen molar-refractivity contribution in [2.24, 2.45) is 0 Å². The van der Waals surface area contributed by atoms with Crippen LogP contribution in [0.1, 0.15) is 18.5 Å². The van der Waals surface area contributed by atoms with Gasteiger partial charge in [0.15, 0.2) is 0 Å². The predicted molar refractivity (Wildman–Crippen MR) is 115 cm³/mol. The highest BCUT2D eigenvalue weighted by Crippen LogP contribution is 2.22. The Kier molecular flexibility index (Phi) is 5.16. The minimum absolute atomic E-state index is 0.0174. The highest BCUT2D eigenvalue weighted by Gasteiger charge is 2.28. The molecular formula is C22H20N4O5. The molecule has 31 heavy (non-hydrogen) atoms. The van der Waals surface area contributed by atoms with Gasteiger partial charge in [0.1, 0.15) is 12.1 Å². The number of aromatic amines is 2. The quantitative estimate of drug-likeness (QED) is 0.375. The topological polar surface area (TPSA) is 137 Å². The summed E-state index contributed by atoms with van der Waals surface area (Å²) in [5, 5.41) is 12.7. The molecule has 0 unspecified atom stereocenters. The van der Waals surface area contributed by atoms with Gasteiger partial charge in [-0.05, 0) is 30.7 Å². The molecule has 0 aliphatic rings. The number of hydrogen-bond donors (Lipinski definition) is 4. The first-order valence-corrected chi connectivity index (χ1v) is 9.68. The number of para-hydroxylation sites is 2. The summed E-state index contributed by atoms with van der Waals surface area (Å²) in [5.41, 5.74) is 0.557. The number of carbonyl (C=O) groups is 2. The zero-order valence-electron chi connectivity index (χ0n) is 16.6. The minimum Gasteiger partial charge on any atom is -0.480 e. The fourth-order valence-corrected chi connectivity index (χ4v) is 3.64. The van der Waals surface area contributed by atoms with E-state index in [4.69, 9.17) is 0 Å². The molecule has 158 valence electrons. The molecule has 0 saturated carbocycles. The number of carboxylic acid groups (broad SMARTS) is 1. The lowest BCUT2D eigenvalue weighted by Gasteiger charge is -2.20. The maximum Gasteiger partial charge on any atom is 0.329 e. The third-order valence-electron chi connectivity index (χ3n) is 5.27. The van der Waals surface area contributed by atoms with Crippen molar-refractivity contribution in [2.75, 3.05) is 0 Å². The van der Waals surface area contributed by atoms with Crippen molar-refractivity contribution >= 4 is 33.7 Å². The number of rotatable bonds is 6. The van der Waals surface area contributed by atoms with Crippen molar-refractivity contribution in [3.8, 4) is 0 Å². The number of fused-ring (bicyclic) bond motifs is 2. The average molecular weight is 420 g/mol. The maximum atomic E-state index is 13.1. The lowest BCUT2D eigenvalue weighted by molar-refractivity contribution is -0.141. The second-order valence-electron chi connectivity index (χ2n) is 7.30. The van der Waals surface area contributed by atoms with Crippen LogP contribution >= 0.6 is 0 Å². The number of amides is 1. The van der Waals surface area contributed by atoms with Gasteiger partial charge in [0.05, 0.1) is 10.9 Å². The summed E-state index contributed by atoms with van der Waals surface area (Å²) in [6, 6.07) is 11.5. The van der Waals surface area contributed by atoms with Gasteiger partial charge in [-0.25, -0.2) is 9.36 Å². The molecule has 0 radical (unpaired) electrons. The normalized spacial score (nSPS) is 13.2. The van der Waals surface area contributed by atoms with Gasteiger partial charge < -0.3 is 20.4 Å². The molecule has 0 bridgehead atoms. The van der Waals surface area contributed by atoms with E-state index in [9.17, 15) is 24.3 Å². The van der Waals surface area contributed by atoms with Gasteiger partial charge in [-0.2, -0.15) is 0 Å². The first kappa shape index (κ1) is 20.1. The Hall–Kier alpha value is -4.14. The molecule has 2 aromatic carbocycles. The van der Waals surface area contributed by atoms with E-state index in [0.29, 0.717) is 5.52 Å². The molecule has 2 atom stereocenters. The zero-order valence-corrected chi connectivity index (χ0v) is 16.6. The minimum atomic E-state index is -1.25. The fraction of sp³-hybridized carbons (Fsp3) is 0.182. The number of nitrogens with zero attached hydrogens (tertiary/aromatic N) is 1. The lowest BCUT2D eigenvalue weighted by atomic mass is 10.0. The molecule has 4 aromatic rings. The highest BCUT2D eigenvalue weighted by molar-refractivity contribution is 5.88. The Morgan fingerprint density at radius 1 is 1.03 bits per heavy atom. The van der Waals surface area contributed by atoms with Crippen LogP contribution in [-0.2, 0) is 16.0 Å². The van der Waals surface area contributed by atoms with Crippen LogP contribution in [0.3, 0.4) is 0 Å². The van der Waals surface area contributed by atoms with Crippen LogP contribution < -0.4 is 16.6 Å². The number of nitrogens with one attached hydrogen (secondary N) is 3. The summed E-state index contributed by atoms with van der Waals surface area (Å²) >= 11 is 0. The van der Waals surface area contributed by atoms with Gasteiger partial charge in [-0.3, -0.25) is 14.4 Å². The SMILES string of the molecule is C[C@H](NC(=O)[C@@H](Cc1c[nH]c2ccccc12)n1c(=O)[nH]c2ccccc2c1=O)C(=O)O. The number of aliphatic carboxylic acids is 1. The molecule has 0 fully saturated rings. The van der Waals surface area contributed by atoms with E-state index < -0.39 is 35.2 Å². The largest absolute Gasteiger partial charge is 0.480 e. The Labute approximate surface area is 175 Å². The van der Waals surface area contributed by atoms with Gasteiger partial charge in [0.25, 0.3) is 5.56 Å². The molecule has 0 aliphatic heterocycles. The van der Waals surface area contributed by atoms with Crippen LogP contribution in [0.15, 0.2) is 64.3 Å². The summed E-state index contributed by atoms with van der Waals surface area (Å²) in [6.45, 7) is 1.32. The predicted octanol–water partition coefficient (Wildman–Crippen LogP) is 1.54. The number of carbonyl (C=O) groups excluding carboxylic acids is 1. The number of benzene rings is 2. The fourth-order valence-electron chi connectivity index (χ4n) is 3.64. The number of aromatic nitrogens is 3. The molecule has 2 heterocycles. The van der Waals surface area contributed by atoms with Crippen LogP contribution in [0.25, 0.3) is 21.8 Å². The summed E-state index contributed by atoms with van der Waals surface area (Å²) in [5.74, 6) is -1.96. The average Bonchev–Trinajstić information content (AvgIpc) is 3.15. The molecular weight excluding hydrogens is 400 g/mol. The monoisotopic (exact) mass is 420 g/mol. The van der Waals surface area contributed by atoms with Crippen molar-refractivity contribution in [1.82, 2.24) is 19.9 Å². The summed E-state index contributed by atoms with van der Waals surface area (Å²) in [4.78, 5) is 56.0. The molecule has 1 amide bonds. The summed E-state index contributed by atoms with van der Waals surface area (Å²) in [7, 11) is 0. The Morgan fingerprint density at radius 2 is 1.68 bits per heavy atom. The van der Waals surface area contributed by atoms with Crippen molar-refractivity contribution in [2.45, 2.75) is 25.4 Å². The van der Waals surface area contributed by atoms with Crippen LogP contribution in [0, 0.1) is 0 Å². The Morgan fingerprint density at radius 3 is 2.39 bits per heavy atom. The van der Waals surface area contributed by atoms with Gasteiger partial charge in [0, 0.05) is 23.5 Å². The first-order chi connectivity index (χ1) is 14.9. The van der Waals surface area contributed by atoms with Gasteiger partial charge in [-0.1, -0.05) is 30.3 Å². The van der Waals surface area contributed by atoms with Crippen LogP contribution in [-0.4, -0.2) is 37.6 Å². The second-order valence-corrected chi connectivity index (χ2v) is 7.30. The number of carboxylic acids is 1. The number of H-pyrrole nitrogens is 2. The first-order valence-electron chi connectivity index (χ1n) is 9.68. The molecule has 2 aromatic heterocycles. The van der Waals surface area contributed by atoms with Crippen molar-refractivity contribution < 1.29 is 14.7 Å². The molecule has 4 rings (SSSR count). The van der Waals surface area contributed by atoms with E-state index in [1.807, 2.05) is 24.3 Å². The van der Waals surface area contributed by atoms with Crippen molar-refractivity contribution in [3.05, 3.63) is 81.1 Å². The van der Waals surface area contributed by atoms with Crippen LogP contribution in [0.5, 0.6) is 0 Å². The van der Waals surface area contributed by atoms with E-state index in [1.165, 1.54) is 6.92 Å². The maximum absolute atomic E-state index is 13.1. The molecule has 4 N–H and O–H groups in total. The third kappa shape index (κ3) is 3.73. The van der Waals surface area contributed by atoms with Crippen molar-refractivity contribution in [1.29, 1.82) is 0 Å². The Bertz CT molecular complexity index is 1410. The van der Waals surface area contributed by atoms with Crippen molar-refractivity contribution in [3.63, 3.8) is 0 Å². The molecule has 0 saturated heterocycles. The number of hydrogen-bond acceptors (Lipinski definition) is 4. The van der Waals surface area contributed by atoms with Crippen LogP contribution in [0.4, 0.5) is 0 Å². The standard InChI is InChI=1S/C22H20N4O5/c1-12(21(29)30)24-19(27)18(10-13-11-23-16-8-4-2-6-14(13)16)26-20(28)15-7-3-5-9-17(15)25-22(26)31/h2-9,11-12,18,23H,10H2,1H3,(H,24,27)(H,25,31)(H,29,30)/t12-,18+/m0/s1. The smallest absolute Gasteiger partial charge is 0.329 e. The van der Waals surface area contributed by atoms with E-state index >= 15 is 0 Å². The molecule has 9 nitrogen and oxygen atoms in total. The molecule has 0 aliphatic carbocycles. The highest BCUT2D eigenvalue weighted by atomic mass is 16.4. The second kappa shape index (κ2) is 7.94. The van der Waals surface area contributed by atoms with Gasteiger partial charge >= 0.3 is 11.7 Å². The van der Waals surface area contributed by atoms with E-state index in [0.717, 1.165) is 21.0 Å². The van der Waals surface area contributed by atoms with Gasteiger partial charge in [-0.15, -0.1) is 0 Å². The third-order valence-corrected chi connectivity index (χ3v) is 5.27. The zero-order chi connectivity index (χ0) is 22.1. The van der Waals surface area contributed by atoms with Crippen LogP contribution in [0.2, 0.25) is 0 Å². The van der Waals surface area contributed by atoms with E-state index in [1.54, 1.807) is 30.5 Å². The summed E-state index contributed by atoms with van der Waals surface area (Å²) < 4.78 is 0.855. The lowest BCUT2D eigenvalue weighted by Crippen LogP contribution is -2.48. The Balaban J connectivity index is 1.86. The molecule has 9 heteroatoms. The molecule has 0 spiro atoms. The van der Waals surface area contributed by atoms with Gasteiger partial charge in [0.2, 0.25) is 5.91 Å². The summed E-state index contributed by atoms with van der Waals surface area (Å²) in [6.07, 6.45) is 1.73. The van der Waals surface area contributed by atoms with E-state index in [2.05, 4.69) is 15.3 Å². The van der Waals surface area contributed by atoms with E-state index in [-0.39, 0.29) is 11.8 Å².